The summed E-state index contributed by atoms with van der Waals surface area (Å²) in [6, 6.07) is 11.6. The molecule has 0 saturated carbocycles. The summed E-state index contributed by atoms with van der Waals surface area (Å²) in [6.45, 7) is 8.36. The van der Waals surface area contributed by atoms with Crippen LogP contribution in [-0.4, -0.2) is 27.1 Å². The molecule has 148 valence electrons. The molecule has 0 spiro atoms. The zero-order valence-electron chi connectivity index (χ0n) is 16.3. The molecule has 7 heteroatoms. The number of carbonyl (C=O) groups excluding carboxylic acids is 1. The van der Waals surface area contributed by atoms with Crippen molar-refractivity contribution in [2.24, 2.45) is 0 Å². The van der Waals surface area contributed by atoms with Gasteiger partial charge in [0.2, 0.25) is 0 Å². The number of aryl methyl sites for hydroxylation is 1. The number of fused-ring (bicyclic) bond motifs is 1. The Morgan fingerprint density at radius 2 is 1.89 bits per heavy atom. The molecule has 0 atom stereocenters. The van der Waals surface area contributed by atoms with E-state index >= 15 is 0 Å². The van der Waals surface area contributed by atoms with Gasteiger partial charge in [-0.25, -0.2) is 0 Å². The van der Waals surface area contributed by atoms with Gasteiger partial charge in [0.05, 0.1) is 24.4 Å². The number of nitrogens with zero attached hydrogens (tertiary/aromatic N) is 2. The third-order valence-electron chi connectivity index (χ3n) is 4.42. The van der Waals surface area contributed by atoms with Crippen LogP contribution in [0.25, 0.3) is 10.9 Å². The highest BCUT2D eigenvalue weighted by molar-refractivity contribution is 8.01. The number of ether oxygens (including phenoxy) is 1. The second-order valence-corrected chi connectivity index (χ2v) is 9.47. The van der Waals surface area contributed by atoms with Crippen molar-refractivity contribution in [2.45, 2.75) is 43.9 Å². The summed E-state index contributed by atoms with van der Waals surface area (Å²) in [5.74, 6) is -0.229. The summed E-state index contributed by atoms with van der Waals surface area (Å²) >= 11 is 14.2. The van der Waals surface area contributed by atoms with Gasteiger partial charge in [-0.15, -0.1) is 11.8 Å². The number of hydrogen-bond acceptors (Lipinski definition) is 4. The topological polar surface area (TPSA) is 44.1 Å². The number of hydrogen-bond donors (Lipinski definition) is 0. The molecule has 3 aromatic rings. The van der Waals surface area contributed by atoms with Gasteiger partial charge in [0.15, 0.2) is 0 Å². The summed E-state index contributed by atoms with van der Waals surface area (Å²) in [5.41, 5.74) is 2.73. The quantitative estimate of drug-likeness (QED) is 0.344. The molecule has 0 aliphatic rings. The average Bonchev–Trinajstić information content (AvgIpc) is 2.93. The molecule has 0 fully saturated rings. The Morgan fingerprint density at radius 3 is 2.54 bits per heavy atom. The van der Waals surface area contributed by atoms with Crippen LogP contribution in [0.1, 0.15) is 32.0 Å². The van der Waals surface area contributed by atoms with Crippen molar-refractivity contribution in [2.75, 3.05) is 6.61 Å². The molecule has 0 aliphatic heterocycles. The number of aromatic nitrogens is 2. The van der Waals surface area contributed by atoms with Crippen LogP contribution < -0.4 is 0 Å². The second-order valence-electron chi connectivity index (χ2n) is 6.96. The lowest BCUT2D eigenvalue weighted by atomic mass is 10.2. The first-order valence-corrected chi connectivity index (χ1v) is 10.6. The van der Waals surface area contributed by atoms with Gasteiger partial charge >= 0.3 is 5.97 Å². The second kappa shape index (κ2) is 8.36. The van der Waals surface area contributed by atoms with Gasteiger partial charge in [-0.1, -0.05) is 29.3 Å². The molecule has 4 nitrogen and oxygen atoms in total. The average molecular weight is 437 g/mol. The maximum Gasteiger partial charge on any atom is 0.321 e. The molecule has 2 aromatic carbocycles. The lowest BCUT2D eigenvalue weighted by Gasteiger charge is -2.21. The monoisotopic (exact) mass is 436 g/mol. The molecular formula is C21H22Cl2N2O2S. The van der Waals surface area contributed by atoms with Crippen LogP contribution >= 0.6 is 35.0 Å². The molecule has 0 unspecified atom stereocenters. The van der Waals surface area contributed by atoms with E-state index in [2.05, 4.69) is 5.10 Å². The first kappa shape index (κ1) is 21.0. The molecule has 0 radical (unpaired) electrons. The lowest BCUT2D eigenvalue weighted by Crippen LogP contribution is -2.29. The van der Waals surface area contributed by atoms with Gasteiger partial charge in [0.25, 0.3) is 0 Å². The molecule has 0 N–H and O–H groups in total. The summed E-state index contributed by atoms with van der Waals surface area (Å²) in [6.07, 6.45) is 0. The predicted octanol–water partition coefficient (Wildman–Crippen LogP) is 6.13. The Balaban J connectivity index is 1.97. The van der Waals surface area contributed by atoms with Crippen molar-refractivity contribution >= 4 is 51.8 Å². The van der Waals surface area contributed by atoms with Crippen LogP contribution in [0, 0.1) is 6.92 Å². The van der Waals surface area contributed by atoms with Crippen LogP contribution in [0.4, 0.5) is 0 Å². The Labute approximate surface area is 179 Å². The van der Waals surface area contributed by atoms with E-state index in [1.54, 1.807) is 0 Å². The summed E-state index contributed by atoms with van der Waals surface area (Å²) in [5, 5.41) is 6.95. The van der Waals surface area contributed by atoms with E-state index in [-0.39, 0.29) is 5.97 Å². The first-order valence-electron chi connectivity index (χ1n) is 8.99. The molecular weight excluding hydrogens is 415 g/mol. The van der Waals surface area contributed by atoms with Gasteiger partial charge in [-0.05, 0) is 58.0 Å². The standard InChI is InChI=1S/C21H22Cl2N2O2S/c1-5-27-20(26)21(3,4)28-14-9-10-15-13(2)24-25(19(15)11-14)12-16-17(22)7-6-8-18(16)23/h6-11H,5,12H2,1-4H3. The normalized spacial score (nSPS) is 11.8. The van der Waals surface area contributed by atoms with Gasteiger partial charge in [0, 0.05) is 25.9 Å². The first-order chi connectivity index (χ1) is 13.2. The van der Waals surface area contributed by atoms with Crippen molar-refractivity contribution in [3.05, 3.63) is 57.7 Å². The fourth-order valence-electron chi connectivity index (χ4n) is 2.98. The van der Waals surface area contributed by atoms with Crippen molar-refractivity contribution in [3.63, 3.8) is 0 Å². The summed E-state index contributed by atoms with van der Waals surface area (Å²) in [4.78, 5) is 13.2. The molecule has 0 aliphatic carbocycles. The lowest BCUT2D eigenvalue weighted by molar-refractivity contribution is -0.145. The smallest absolute Gasteiger partial charge is 0.321 e. The maximum atomic E-state index is 12.2. The molecule has 0 amide bonds. The molecule has 1 heterocycles. The van der Waals surface area contributed by atoms with E-state index < -0.39 is 4.75 Å². The Hall–Kier alpha value is -1.69. The Bertz CT molecular complexity index is 1010. The van der Waals surface area contributed by atoms with Crippen molar-refractivity contribution in [1.29, 1.82) is 0 Å². The van der Waals surface area contributed by atoms with Crippen molar-refractivity contribution < 1.29 is 9.53 Å². The number of carbonyl (C=O) groups is 1. The highest BCUT2D eigenvalue weighted by Gasteiger charge is 2.30. The molecule has 28 heavy (non-hydrogen) atoms. The fraction of sp³-hybridized carbons (Fsp3) is 0.333. The number of rotatable bonds is 6. The Kier molecular flexibility index (Phi) is 6.28. The minimum Gasteiger partial charge on any atom is -0.465 e. The zero-order valence-corrected chi connectivity index (χ0v) is 18.6. The molecule has 1 aromatic heterocycles. The van der Waals surface area contributed by atoms with Crippen LogP contribution in [-0.2, 0) is 16.1 Å². The maximum absolute atomic E-state index is 12.2. The highest BCUT2D eigenvalue weighted by Crippen LogP contribution is 2.36. The summed E-state index contributed by atoms with van der Waals surface area (Å²) in [7, 11) is 0. The summed E-state index contributed by atoms with van der Waals surface area (Å²) < 4.78 is 6.41. The number of thioether (sulfide) groups is 1. The van der Waals surface area contributed by atoms with Crippen LogP contribution in [0.15, 0.2) is 41.3 Å². The van der Waals surface area contributed by atoms with Crippen molar-refractivity contribution in [3.8, 4) is 0 Å². The number of esters is 1. The van der Waals surface area contributed by atoms with Crippen LogP contribution in [0.2, 0.25) is 10.0 Å². The number of benzene rings is 2. The zero-order chi connectivity index (χ0) is 20.5. The third kappa shape index (κ3) is 4.32. The van der Waals surface area contributed by atoms with Gasteiger partial charge < -0.3 is 4.74 Å². The highest BCUT2D eigenvalue weighted by atomic mass is 35.5. The van der Waals surface area contributed by atoms with Crippen molar-refractivity contribution in [1.82, 2.24) is 9.78 Å². The van der Waals surface area contributed by atoms with E-state index in [0.717, 1.165) is 27.1 Å². The van der Waals surface area contributed by atoms with Gasteiger partial charge in [0.1, 0.15) is 4.75 Å². The Morgan fingerprint density at radius 1 is 1.21 bits per heavy atom. The van der Waals surface area contributed by atoms with Crippen LogP contribution in [0.5, 0.6) is 0 Å². The SMILES string of the molecule is CCOC(=O)C(C)(C)Sc1ccc2c(C)nn(Cc3c(Cl)cccc3Cl)c2c1. The third-order valence-corrected chi connectivity index (χ3v) is 6.29. The van der Waals surface area contributed by atoms with E-state index in [1.807, 2.05) is 68.8 Å². The van der Waals surface area contributed by atoms with Gasteiger partial charge in [-0.2, -0.15) is 5.10 Å². The molecule has 3 rings (SSSR count). The minimum atomic E-state index is -0.685. The van der Waals surface area contributed by atoms with E-state index in [1.165, 1.54) is 11.8 Å². The fourth-order valence-corrected chi connectivity index (χ4v) is 4.53. The predicted molar refractivity (Wildman–Crippen MR) is 117 cm³/mol. The number of halogens is 2. The van der Waals surface area contributed by atoms with E-state index in [4.69, 9.17) is 27.9 Å². The van der Waals surface area contributed by atoms with E-state index in [0.29, 0.717) is 23.2 Å². The molecule has 0 saturated heterocycles. The van der Waals surface area contributed by atoms with E-state index in [9.17, 15) is 4.79 Å². The minimum absolute atomic E-state index is 0.229. The largest absolute Gasteiger partial charge is 0.465 e. The van der Waals surface area contributed by atoms with Crippen LogP contribution in [0.3, 0.4) is 0 Å². The van der Waals surface area contributed by atoms with Gasteiger partial charge in [-0.3, -0.25) is 9.48 Å². The molecule has 0 bridgehead atoms.